The van der Waals surface area contributed by atoms with Crippen molar-refractivity contribution >= 4 is 15.8 Å². The minimum atomic E-state index is -4.20. The molecular weight excluding hydrogens is 552 g/mol. The van der Waals surface area contributed by atoms with Crippen molar-refractivity contribution in [3.8, 4) is 64.3 Å². The predicted molar refractivity (Wildman–Crippen MR) is 145 cm³/mol. The SMILES string of the molecule is C#COc1nc(-c2ccnc(-c3nnn[nH]3)c2)nc(NS(=O)(=O)c2ccc(OC)cc2)c1Oc1ccccc1OC. The third-order valence-corrected chi connectivity index (χ3v) is 6.83. The van der Waals surface area contributed by atoms with Crippen molar-refractivity contribution < 1.29 is 27.4 Å². The minimum Gasteiger partial charge on any atom is -0.497 e. The minimum absolute atomic E-state index is 0.0335. The molecule has 0 saturated heterocycles. The predicted octanol–water partition coefficient (Wildman–Crippen LogP) is 3.30. The summed E-state index contributed by atoms with van der Waals surface area (Å²) in [6, 6.07) is 15.7. The number of tetrazole rings is 1. The van der Waals surface area contributed by atoms with Crippen molar-refractivity contribution in [1.29, 1.82) is 0 Å². The molecule has 0 amide bonds. The molecule has 15 heteroatoms. The number of methoxy groups -OCH3 is 2. The summed E-state index contributed by atoms with van der Waals surface area (Å²) in [5, 5.41) is 13.6. The molecule has 5 rings (SSSR count). The van der Waals surface area contributed by atoms with Crippen LogP contribution in [0.1, 0.15) is 0 Å². The van der Waals surface area contributed by atoms with Gasteiger partial charge in [0.05, 0.1) is 19.1 Å². The Hall–Kier alpha value is -5.75. The van der Waals surface area contributed by atoms with Gasteiger partial charge in [-0.15, -0.1) is 5.10 Å². The van der Waals surface area contributed by atoms with E-state index in [2.05, 4.69) is 40.3 Å². The van der Waals surface area contributed by atoms with Gasteiger partial charge in [0, 0.05) is 11.8 Å². The lowest BCUT2D eigenvalue weighted by atomic mass is 10.2. The number of terminal acetylenes is 1. The summed E-state index contributed by atoms with van der Waals surface area (Å²) in [5.41, 5.74) is 0.798. The van der Waals surface area contributed by atoms with Crippen molar-refractivity contribution in [2.24, 2.45) is 0 Å². The van der Waals surface area contributed by atoms with Crippen molar-refractivity contribution in [3.05, 3.63) is 66.9 Å². The van der Waals surface area contributed by atoms with E-state index in [9.17, 15) is 8.42 Å². The van der Waals surface area contributed by atoms with Gasteiger partial charge in [-0.05, 0) is 59.0 Å². The van der Waals surface area contributed by atoms with Crippen LogP contribution in [0.25, 0.3) is 22.9 Å². The normalized spacial score (nSPS) is 10.9. The molecule has 0 saturated carbocycles. The molecule has 41 heavy (non-hydrogen) atoms. The van der Waals surface area contributed by atoms with Gasteiger partial charge in [-0.2, -0.15) is 4.98 Å². The van der Waals surface area contributed by atoms with Crippen LogP contribution in [0, 0.1) is 12.5 Å². The highest BCUT2D eigenvalue weighted by Crippen LogP contribution is 2.41. The molecule has 0 aliphatic carbocycles. The number of para-hydroxylation sites is 2. The second kappa shape index (κ2) is 11.6. The zero-order valence-electron chi connectivity index (χ0n) is 21.5. The maximum atomic E-state index is 13.4. The molecule has 0 spiro atoms. The van der Waals surface area contributed by atoms with E-state index in [0.717, 1.165) is 0 Å². The maximum absolute atomic E-state index is 13.4. The van der Waals surface area contributed by atoms with Crippen LogP contribution in [0.5, 0.6) is 28.9 Å². The molecule has 3 heterocycles. The number of anilines is 1. The Morgan fingerprint density at radius 2 is 1.76 bits per heavy atom. The first kappa shape index (κ1) is 26.8. The molecular formula is C26H20N8O6S. The lowest BCUT2D eigenvalue weighted by Crippen LogP contribution is -2.16. The quantitative estimate of drug-likeness (QED) is 0.234. The average molecular weight is 573 g/mol. The molecule has 5 aromatic rings. The molecule has 0 radical (unpaired) electrons. The molecule has 0 aliphatic heterocycles. The Balaban J connectivity index is 1.66. The molecule has 0 fully saturated rings. The van der Waals surface area contributed by atoms with Crippen LogP contribution in [0.15, 0.2) is 71.8 Å². The smallest absolute Gasteiger partial charge is 0.279 e. The van der Waals surface area contributed by atoms with Crippen LogP contribution < -0.4 is 23.7 Å². The second-order valence-corrected chi connectivity index (χ2v) is 9.65. The summed E-state index contributed by atoms with van der Waals surface area (Å²) < 4.78 is 51.2. The van der Waals surface area contributed by atoms with Gasteiger partial charge in [0.25, 0.3) is 15.9 Å². The molecule has 0 bridgehead atoms. The van der Waals surface area contributed by atoms with Crippen LogP contribution in [-0.2, 0) is 10.0 Å². The number of benzene rings is 2. The van der Waals surface area contributed by atoms with Crippen LogP contribution in [-0.4, -0.2) is 58.2 Å². The largest absolute Gasteiger partial charge is 0.497 e. The fraction of sp³-hybridized carbons (Fsp3) is 0.0769. The van der Waals surface area contributed by atoms with Gasteiger partial charge < -0.3 is 18.9 Å². The number of aromatic nitrogens is 7. The summed E-state index contributed by atoms with van der Waals surface area (Å²) >= 11 is 0. The number of sulfonamides is 1. The number of hydrogen-bond donors (Lipinski definition) is 2. The Morgan fingerprint density at radius 1 is 0.976 bits per heavy atom. The summed E-state index contributed by atoms with van der Waals surface area (Å²) in [5.74, 6) is 0.677. The van der Waals surface area contributed by atoms with Crippen LogP contribution in [0.4, 0.5) is 5.82 Å². The summed E-state index contributed by atoms with van der Waals surface area (Å²) in [6.07, 6.45) is 8.99. The number of aromatic amines is 1. The first-order valence-corrected chi connectivity index (χ1v) is 13.1. The van der Waals surface area contributed by atoms with Gasteiger partial charge in [0.1, 0.15) is 17.5 Å². The standard InChI is InChI=1S/C26H20N8O6S/c1-4-39-26-22(40-21-8-6-5-7-20(21)38-3)25(32-41(35,36)18-11-9-17(37-2)10-12-18)28-23(29-26)16-13-14-27-19(15-16)24-30-33-34-31-24/h1,5-15H,2-3H3,(H,28,29,32)(H,30,31,33,34). The Labute approximate surface area is 233 Å². The van der Waals surface area contributed by atoms with E-state index in [1.807, 2.05) is 6.11 Å². The van der Waals surface area contributed by atoms with Crippen LogP contribution in [0.3, 0.4) is 0 Å². The number of rotatable bonds is 10. The van der Waals surface area contributed by atoms with Crippen LogP contribution in [0.2, 0.25) is 0 Å². The molecule has 0 aliphatic rings. The lowest BCUT2D eigenvalue weighted by Gasteiger charge is -2.17. The van der Waals surface area contributed by atoms with Gasteiger partial charge in [-0.25, -0.2) is 18.5 Å². The van der Waals surface area contributed by atoms with Crippen molar-refractivity contribution in [2.75, 3.05) is 18.9 Å². The highest BCUT2D eigenvalue weighted by Gasteiger charge is 2.26. The number of nitrogens with one attached hydrogen (secondary N) is 2. The topological polar surface area (TPSA) is 176 Å². The number of nitrogens with zero attached hydrogens (tertiary/aromatic N) is 6. The van der Waals surface area contributed by atoms with Gasteiger partial charge in [-0.3, -0.25) is 9.71 Å². The number of H-pyrrole nitrogens is 1. The zero-order chi connectivity index (χ0) is 28.8. The lowest BCUT2D eigenvalue weighted by molar-refractivity contribution is 0.368. The van der Waals surface area contributed by atoms with E-state index >= 15 is 0 Å². The molecule has 2 N–H and O–H groups in total. The highest BCUT2D eigenvalue weighted by molar-refractivity contribution is 7.92. The Kier molecular flexibility index (Phi) is 7.56. The van der Waals surface area contributed by atoms with Gasteiger partial charge >= 0.3 is 0 Å². The monoisotopic (exact) mass is 572 g/mol. The summed E-state index contributed by atoms with van der Waals surface area (Å²) in [6.45, 7) is 0. The number of hydrogen-bond acceptors (Lipinski definition) is 12. The first-order valence-electron chi connectivity index (χ1n) is 11.6. The fourth-order valence-electron chi connectivity index (χ4n) is 3.57. The molecule has 206 valence electrons. The zero-order valence-corrected chi connectivity index (χ0v) is 22.3. The number of pyridine rings is 1. The first-order chi connectivity index (χ1) is 19.9. The Morgan fingerprint density at radius 3 is 2.44 bits per heavy atom. The van der Waals surface area contributed by atoms with Gasteiger partial charge in [0.15, 0.2) is 29.0 Å². The van der Waals surface area contributed by atoms with Gasteiger partial charge in [-0.1, -0.05) is 18.6 Å². The number of ether oxygens (including phenoxy) is 4. The molecule has 14 nitrogen and oxygen atoms in total. The van der Waals surface area contributed by atoms with Crippen molar-refractivity contribution in [3.63, 3.8) is 0 Å². The van der Waals surface area contributed by atoms with E-state index < -0.39 is 10.0 Å². The maximum Gasteiger partial charge on any atom is 0.279 e. The second-order valence-electron chi connectivity index (χ2n) is 7.96. The van der Waals surface area contributed by atoms with Crippen molar-refractivity contribution in [2.45, 2.75) is 4.90 Å². The van der Waals surface area contributed by atoms with E-state index in [-0.39, 0.29) is 33.9 Å². The van der Waals surface area contributed by atoms with Crippen molar-refractivity contribution in [1.82, 2.24) is 35.6 Å². The van der Waals surface area contributed by atoms with E-state index in [1.54, 1.807) is 36.4 Å². The van der Waals surface area contributed by atoms with Gasteiger partial charge in [0.2, 0.25) is 5.75 Å². The molecule has 0 unspecified atom stereocenters. The summed E-state index contributed by atoms with van der Waals surface area (Å²) in [4.78, 5) is 13.1. The molecule has 2 aromatic carbocycles. The third kappa shape index (κ3) is 5.82. The Bertz CT molecular complexity index is 1820. The molecule has 0 atom stereocenters. The van der Waals surface area contributed by atoms with E-state index in [1.165, 1.54) is 44.7 Å². The third-order valence-electron chi connectivity index (χ3n) is 5.48. The van der Waals surface area contributed by atoms with E-state index in [0.29, 0.717) is 28.6 Å². The van der Waals surface area contributed by atoms with Crippen LogP contribution >= 0.6 is 0 Å². The molecule has 3 aromatic heterocycles. The summed E-state index contributed by atoms with van der Waals surface area (Å²) in [7, 11) is -1.27. The fourth-order valence-corrected chi connectivity index (χ4v) is 4.57. The highest BCUT2D eigenvalue weighted by atomic mass is 32.2. The average Bonchev–Trinajstić information content (AvgIpc) is 3.54. The van der Waals surface area contributed by atoms with E-state index in [4.69, 9.17) is 25.4 Å².